The summed E-state index contributed by atoms with van der Waals surface area (Å²) in [5.74, 6) is 0.595. The van der Waals surface area contributed by atoms with Crippen LogP contribution in [0, 0.1) is 5.92 Å². The van der Waals surface area contributed by atoms with Gasteiger partial charge in [-0.05, 0) is 18.9 Å². The van der Waals surface area contributed by atoms with Crippen LogP contribution < -0.4 is 15.1 Å². The fraction of sp³-hybridized carbons (Fsp3) is 0.412. The Morgan fingerprint density at radius 3 is 2.59 bits per heavy atom. The monoisotopic (exact) mass is 302 g/mol. The Bertz CT molecular complexity index is 818. The van der Waals surface area contributed by atoms with Crippen LogP contribution in [0.3, 0.4) is 0 Å². The van der Waals surface area contributed by atoms with Crippen molar-refractivity contribution in [2.24, 2.45) is 5.92 Å². The van der Waals surface area contributed by atoms with Crippen molar-refractivity contribution in [3.05, 3.63) is 33.7 Å². The van der Waals surface area contributed by atoms with Gasteiger partial charge >= 0.3 is 5.63 Å². The fourth-order valence-electron chi connectivity index (χ4n) is 2.87. The molecule has 0 radical (unpaired) electrons. The first-order chi connectivity index (χ1) is 10.5. The van der Waals surface area contributed by atoms with Gasteiger partial charge in [0, 0.05) is 12.1 Å². The number of ether oxygens (including phenoxy) is 2. The van der Waals surface area contributed by atoms with Crippen molar-refractivity contribution in [3.63, 3.8) is 0 Å². The third-order valence-corrected chi connectivity index (χ3v) is 4.30. The van der Waals surface area contributed by atoms with Crippen LogP contribution in [0.25, 0.3) is 11.0 Å². The van der Waals surface area contributed by atoms with Gasteiger partial charge in [-0.1, -0.05) is 13.8 Å². The molecule has 0 bridgehead atoms. The number of hydrogen-bond acceptors (Lipinski definition) is 5. The zero-order valence-corrected chi connectivity index (χ0v) is 13.1. The number of methoxy groups -OCH3 is 1. The third kappa shape index (κ3) is 2.00. The SMILES string of the molecule is CCc1cc(=O)oc2c3c(cc(OC)c12)O[C@H](C)[C@@H](C)C3=O. The largest absolute Gasteiger partial charge is 0.496 e. The maximum absolute atomic E-state index is 12.7. The van der Waals surface area contributed by atoms with Crippen molar-refractivity contribution in [1.82, 2.24) is 0 Å². The summed E-state index contributed by atoms with van der Waals surface area (Å²) in [5.41, 5.74) is 0.931. The zero-order valence-electron chi connectivity index (χ0n) is 13.1. The van der Waals surface area contributed by atoms with Crippen molar-refractivity contribution in [2.45, 2.75) is 33.3 Å². The summed E-state index contributed by atoms with van der Waals surface area (Å²) in [5, 5.41) is 0.669. The van der Waals surface area contributed by atoms with Crippen molar-refractivity contribution in [3.8, 4) is 11.5 Å². The first-order valence-electron chi connectivity index (χ1n) is 7.36. The Balaban J connectivity index is 2.47. The van der Waals surface area contributed by atoms with Gasteiger partial charge in [-0.2, -0.15) is 0 Å². The second-order valence-electron chi connectivity index (χ2n) is 5.58. The van der Waals surface area contributed by atoms with Crippen LogP contribution in [0.4, 0.5) is 0 Å². The molecule has 0 unspecified atom stereocenters. The molecular weight excluding hydrogens is 284 g/mol. The quantitative estimate of drug-likeness (QED) is 0.798. The standard InChI is InChI=1S/C17H18O5/c1-5-10-6-13(18)22-17-14(10)11(20-4)7-12-15(17)16(19)8(2)9(3)21-12/h6-9H,5H2,1-4H3/t8-,9-/m1/s1. The summed E-state index contributed by atoms with van der Waals surface area (Å²) in [4.78, 5) is 24.5. The minimum absolute atomic E-state index is 0.0715. The molecule has 2 heterocycles. The molecule has 1 aromatic heterocycles. The molecule has 5 nitrogen and oxygen atoms in total. The Labute approximate surface area is 127 Å². The predicted molar refractivity (Wildman–Crippen MR) is 82.0 cm³/mol. The van der Waals surface area contributed by atoms with Gasteiger partial charge in [0.25, 0.3) is 0 Å². The predicted octanol–water partition coefficient (Wildman–Crippen LogP) is 2.96. The highest BCUT2D eigenvalue weighted by atomic mass is 16.5. The Morgan fingerprint density at radius 1 is 1.23 bits per heavy atom. The van der Waals surface area contributed by atoms with E-state index < -0.39 is 5.63 Å². The van der Waals surface area contributed by atoms with E-state index in [-0.39, 0.29) is 23.4 Å². The van der Waals surface area contributed by atoms with Crippen molar-refractivity contribution >= 4 is 16.8 Å². The van der Waals surface area contributed by atoms with E-state index in [1.807, 2.05) is 20.8 Å². The average Bonchev–Trinajstić information content (AvgIpc) is 2.50. The van der Waals surface area contributed by atoms with E-state index >= 15 is 0 Å². The van der Waals surface area contributed by atoms with Gasteiger partial charge in [0.15, 0.2) is 11.4 Å². The van der Waals surface area contributed by atoms with Crippen LogP contribution in [0.1, 0.15) is 36.7 Å². The molecule has 2 atom stereocenters. The summed E-state index contributed by atoms with van der Waals surface area (Å²) in [6.45, 7) is 5.60. The molecule has 1 aromatic carbocycles. The van der Waals surface area contributed by atoms with Gasteiger partial charge in [-0.3, -0.25) is 4.79 Å². The maximum Gasteiger partial charge on any atom is 0.336 e. The van der Waals surface area contributed by atoms with E-state index in [0.717, 1.165) is 5.56 Å². The van der Waals surface area contributed by atoms with Gasteiger partial charge in [0.1, 0.15) is 23.2 Å². The smallest absolute Gasteiger partial charge is 0.336 e. The Kier molecular flexibility index (Phi) is 3.43. The Morgan fingerprint density at radius 2 is 1.95 bits per heavy atom. The highest BCUT2D eigenvalue weighted by Gasteiger charge is 2.35. The minimum Gasteiger partial charge on any atom is -0.496 e. The van der Waals surface area contributed by atoms with Gasteiger partial charge in [-0.15, -0.1) is 0 Å². The second kappa shape index (κ2) is 5.16. The van der Waals surface area contributed by atoms with E-state index in [1.165, 1.54) is 6.07 Å². The zero-order chi connectivity index (χ0) is 16.0. The summed E-state index contributed by atoms with van der Waals surface area (Å²) >= 11 is 0. The molecule has 22 heavy (non-hydrogen) atoms. The van der Waals surface area contributed by atoms with Crippen LogP contribution in [0.2, 0.25) is 0 Å². The van der Waals surface area contributed by atoms with Crippen molar-refractivity contribution in [1.29, 1.82) is 0 Å². The van der Waals surface area contributed by atoms with Crippen LogP contribution in [-0.4, -0.2) is 19.0 Å². The molecule has 0 fully saturated rings. The number of rotatable bonds is 2. The molecule has 116 valence electrons. The number of carbonyl (C=O) groups is 1. The molecule has 0 N–H and O–H groups in total. The average molecular weight is 302 g/mol. The summed E-state index contributed by atoms with van der Waals surface area (Å²) in [6, 6.07) is 3.15. The molecule has 1 aliphatic rings. The van der Waals surface area contributed by atoms with Gasteiger partial charge in [0.05, 0.1) is 18.4 Å². The van der Waals surface area contributed by atoms with E-state index in [9.17, 15) is 9.59 Å². The topological polar surface area (TPSA) is 65.7 Å². The van der Waals surface area contributed by atoms with Crippen LogP contribution >= 0.6 is 0 Å². The second-order valence-corrected chi connectivity index (χ2v) is 5.58. The number of ketones is 1. The number of Topliss-reactive ketones (excluding diaryl/α,β-unsaturated/α-hetero) is 1. The third-order valence-electron chi connectivity index (χ3n) is 4.30. The lowest BCUT2D eigenvalue weighted by Crippen LogP contribution is -2.33. The molecular formula is C17H18O5. The van der Waals surface area contributed by atoms with E-state index in [4.69, 9.17) is 13.9 Å². The van der Waals surface area contributed by atoms with Crippen LogP contribution in [-0.2, 0) is 6.42 Å². The van der Waals surface area contributed by atoms with E-state index in [2.05, 4.69) is 0 Å². The summed E-state index contributed by atoms with van der Waals surface area (Å²) in [7, 11) is 1.54. The van der Waals surface area contributed by atoms with Gasteiger partial charge in [0.2, 0.25) is 0 Å². The minimum atomic E-state index is -0.473. The molecule has 0 amide bonds. The first kappa shape index (κ1) is 14.6. The number of aryl methyl sites for hydroxylation is 1. The molecule has 5 heteroatoms. The first-order valence-corrected chi connectivity index (χ1v) is 7.36. The van der Waals surface area contributed by atoms with Crippen molar-refractivity contribution in [2.75, 3.05) is 7.11 Å². The summed E-state index contributed by atoms with van der Waals surface area (Å²) < 4.78 is 16.6. The molecule has 0 saturated carbocycles. The Hall–Kier alpha value is -2.30. The lowest BCUT2D eigenvalue weighted by Gasteiger charge is -2.28. The normalized spacial score (nSPS) is 20.6. The number of fused-ring (bicyclic) bond motifs is 3. The highest BCUT2D eigenvalue weighted by molar-refractivity contribution is 6.12. The van der Waals surface area contributed by atoms with E-state index in [0.29, 0.717) is 28.9 Å². The molecule has 0 spiro atoms. The van der Waals surface area contributed by atoms with Crippen LogP contribution in [0.15, 0.2) is 21.3 Å². The van der Waals surface area contributed by atoms with Gasteiger partial charge in [-0.25, -0.2) is 4.79 Å². The number of benzene rings is 1. The molecule has 2 aromatic rings. The molecule has 0 saturated heterocycles. The lowest BCUT2D eigenvalue weighted by molar-refractivity contribution is 0.0731. The summed E-state index contributed by atoms with van der Waals surface area (Å²) in [6.07, 6.45) is 0.404. The number of carbonyl (C=O) groups excluding carboxylic acids is 1. The van der Waals surface area contributed by atoms with Crippen molar-refractivity contribution < 1.29 is 18.7 Å². The number of hydrogen-bond donors (Lipinski definition) is 0. The maximum atomic E-state index is 12.7. The lowest BCUT2D eigenvalue weighted by atomic mass is 9.89. The van der Waals surface area contributed by atoms with E-state index in [1.54, 1.807) is 13.2 Å². The highest BCUT2D eigenvalue weighted by Crippen LogP contribution is 2.41. The molecule has 0 aliphatic carbocycles. The molecule has 1 aliphatic heterocycles. The fourth-order valence-corrected chi connectivity index (χ4v) is 2.87. The van der Waals surface area contributed by atoms with Crippen LogP contribution in [0.5, 0.6) is 11.5 Å². The molecule has 3 rings (SSSR count). The van der Waals surface area contributed by atoms with Gasteiger partial charge < -0.3 is 13.9 Å².